The molecule has 4 rings (SSSR count). The summed E-state index contributed by atoms with van der Waals surface area (Å²) in [7, 11) is 1.62. The monoisotopic (exact) mass is 420 g/mol. The Balaban J connectivity index is 1.59. The van der Waals surface area contributed by atoms with Crippen molar-refractivity contribution in [3.05, 3.63) is 60.3 Å². The van der Waals surface area contributed by atoms with E-state index in [9.17, 15) is 9.59 Å². The van der Waals surface area contributed by atoms with Gasteiger partial charge in [0.1, 0.15) is 23.8 Å². The molecule has 0 saturated heterocycles. The first-order valence-electron chi connectivity index (χ1n) is 10.1. The highest BCUT2D eigenvalue weighted by Gasteiger charge is 2.32. The number of aromatic nitrogens is 2. The van der Waals surface area contributed by atoms with Gasteiger partial charge in [0.05, 0.1) is 25.0 Å². The summed E-state index contributed by atoms with van der Waals surface area (Å²) >= 11 is 0. The molecule has 160 valence electrons. The minimum atomic E-state index is -0.581. The van der Waals surface area contributed by atoms with Crippen molar-refractivity contribution >= 4 is 11.8 Å². The van der Waals surface area contributed by atoms with Crippen LogP contribution in [0.3, 0.4) is 0 Å². The fourth-order valence-corrected chi connectivity index (χ4v) is 3.25. The van der Waals surface area contributed by atoms with E-state index in [2.05, 4.69) is 10.4 Å². The summed E-state index contributed by atoms with van der Waals surface area (Å²) in [6.07, 6.45) is 1.86. The number of nitrogens with one attached hydrogen (secondary N) is 1. The van der Waals surface area contributed by atoms with Crippen LogP contribution in [0.4, 0.5) is 4.79 Å². The number of ketones is 1. The van der Waals surface area contributed by atoms with Gasteiger partial charge in [-0.25, -0.2) is 9.48 Å². The quantitative estimate of drug-likeness (QED) is 0.408. The van der Waals surface area contributed by atoms with E-state index >= 15 is 0 Å². The maximum Gasteiger partial charge on any atom is 0.312 e. The molecule has 2 aromatic carbocycles. The summed E-state index contributed by atoms with van der Waals surface area (Å²) in [5.74, 6) is 1.60. The number of amides is 2. The van der Waals surface area contributed by atoms with Crippen LogP contribution in [0, 0.1) is 5.92 Å². The molecule has 0 unspecified atom stereocenters. The molecule has 0 spiro atoms. The Morgan fingerprint density at radius 2 is 1.77 bits per heavy atom. The largest absolute Gasteiger partial charge is 0.497 e. The summed E-state index contributed by atoms with van der Waals surface area (Å²) in [4.78, 5) is 23.3. The molecular formula is C23H24N4O4. The molecule has 1 aliphatic rings. The normalized spacial score (nSPS) is 12.9. The third-order valence-corrected chi connectivity index (χ3v) is 5.05. The SMILES string of the molecule is COc1ccc(-n2nc(C(=O)C3CC3)cc2-c2ccc(OCCNC(N)=O)cc2)cc1. The van der Waals surface area contributed by atoms with E-state index < -0.39 is 6.03 Å². The van der Waals surface area contributed by atoms with Crippen LogP contribution in [0.15, 0.2) is 54.6 Å². The van der Waals surface area contributed by atoms with Gasteiger partial charge >= 0.3 is 6.03 Å². The highest BCUT2D eigenvalue weighted by molar-refractivity contribution is 5.98. The molecular weight excluding hydrogens is 396 g/mol. The number of carbonyl (C=O) groups excluding carboxylic acids is 2. The number of nitrogens with two attached hydrogens (primary N) is 1. The van der Waals surface area contributed by atoms with Gasteiger partial charge in [0.15, 0.2) is 5.78 Å². The maximum atomic E-state index is 12.6. The molecule has 1 saturated carbocycles. The third kappa shape index (κ3) is 4.85. The second-order valence-electron chi connectivity index (χ2n) is 7.33. The summed E-state index contributed by atoms with van der Waals surface area (Å²) in [5.41, 5.74) is 8.07. The molecule has 1 aromatic heterocycles. The van der Waals surface area contributed by atoms with Gasteiger partial charge in [0, 0.05) is 11.5 Å². The summed E-state index contributed by atoms with van der Waals surface area (Å²) in [5, 5.41) is 7.09. The number of carbonyl (C=O) groups is 2. The number of primary amides is 1. The lowest BCUT2D eigenvalue weighted by Crippen LogP contribution is -2.32. The van der Waals surface area contributed by atoms with E-state index in [4.69, 9.17) is 15.2 Å². The number of nitrogens with zero attached hydrogens (tertiary/aromatic N) is 2. The third-order valence-electron chi connectivity index (χ3n) is 5.05. The molecule has 0 atom stereocenters. The van der Waals surface area contributed by atoms with Crippen molar-refractivity contribution in [3.8, 4) is 28.4 Å². The van der Waals surface area contributed by atoms with Crippen LogP contribution in [0.25, 0.3) is 16.9 Å². The zero-order chi connectivity index (χ0) is 21.8. The highest BCUT2D eigenvalue weighted by Crippen LogP contribution is 2.34. The zero-order valence-corrected chi connectivity index (χ0v) is 17.2. The van der Waals surface area contributed by atoms with Crippen LogP contribution in [-0.4, -0.2) is 41.9 Å². The van der Waals surface area contributed by atoms with Crippen molar-refractivity contribution in [1.82, 2.24) is 15.1 Å². The Morgan fingerprint density at radius 1 is 1.10 bits per heavy atom. The molecule has 0 bridgehead atoms. The number of methoxy groups -OCH3 is 1. The molecule has 8 heteroatoms. The molecule has 0 radical (unpaired) electrons. The lowest BCUT2D eigenvalue weighted by molar-refractivity contribution is 0.0962. The van der Waals surface area contributed by atoms with Crippen LogP contribution in [0.2, 0.25) is 0 Å². The van der Waals surface area contributed by atoms with Crippen molar-refractivity contribution in [2.75, 3.05) is 20.3 Å². The standard InChI is InChI=1S/C23H24N4O4/c1-30-18-10-6-17(7-11-18)27-21(14-20(26-27)22(28)16-2-3-16)15-4-8-19(9-5-15)31-13-12-25-23(24)29/h4-11,14,16H,2-3,12-13H2,1H3,(H3,24,25,29). The summed E-state index contributed by atoms with van der Waals surface area (Å²) in [6, 6.07) is 16.3. The van der Waals surface area contributed by atoms with E-state index in [-0.39, 0.29) is 11.7 Å². The van der Waals surface area contributed by atoms with Crippen LogP contribution in [0.1, 0.15) is 23.3 Å². The van der Waals surface area contributed by atoms with Gasteiger partial charge in [-0.1, -0.05) is 0 Å². The van der Waals surface area contributed by atoms with E-state index in [1.807, 2.05) is 54.6 Å². The van der Waals surface area contributed by atoms with Gasteiger partial charge in [-0.05, 0) is 67.4 Å². The zero-order valence-electron chi connectivity index (χ0n) is 17.2. The van der Waals surface area contributed by atoms with Crippen molar-refractivity contribution in [2.45, 2.75) is 12.8 Å². The topological polar surface area (TPSA) is 108 Å². The van der Waals surface area contributed by atoms with Gasteiger partial charge in [-0.15, -0.1) is 0 Å². The lowest BCUT2D eigenvalue weighted by atomic mass is 10.1. The summed E-state index contributed by atoms with van der Waals surface area (Å²) < 4.78 is 12.6. The Morgan fingerprint density at radius 3 is 2.39 bits per heavy atom. The van der Waals surface area contributed by atoms with Gasteiger partial charge < -0.3 is 20.5 Å². The first-order chi connectivity index (χ1) is 15.0. The van der Waals surface area contributed by atoms with Crippen LogP contribution in [0.5, 0.6) is 11.5 Å². The van der Waals surface area contributed by atoms with Crippen molar-refractivity contribution < 1.29 is 19.1 Å². The van der Waals surface area contributed by atoms with Gasteiger partial charge in [-0.3, -0.25) is 4.79 Å². The predicted molar refractivity (Wildman–Crippen MR) is 116 cm³/mol. The first kappa shape index (κ1) is 20.5. The molecule has 2 amide bonds. The number of rotatable bonds is 9. The molecule has 1 heterocycles. The summed E-state index contributed by atoms with van der Waals surface area (Å²) in [6.45, 7) is 0.639. The van der Waals surface area contributed by atoms with Crippen molar-refractivity contribution in [1.29, 1.82) is 0 Å². The minimum absolute atomic E-state index is 0.0930. The van der Waals surface area contributed by atoms with Gasteiger partial charge in [-0.2, -0.15) is 5.10 Å². The van der Waals surface area contributed by atoms with E-state index in [1.165, 1.54) is 0 Å². The minimum Gasteiger partial charge on any atom is -0.497 e. The Bertz CT molecular complexity index is 1070. The Hall–Kier alpha value is -3.81. The fraction of sp³-hybridized carbons (Fsp3) is 0.261. The smallest absolute Gasteiger partial charge is 0.312 e. The molecule has 1 aliphatic carbocycles. The number of benzene rings is 2. The number of hydrogen-bond acceptors (Lipinski definition) is 5. The van der Waals surface area contributed by atoms with Crippen LogP contribution in [-0.2, 0) is 0 Å². The molecule has 3 aromatic rings. The second kappa shape index (κ2) is 8.91. The van der Waals surface area contributed by atoms with E-state index in [0.29, 0.717) is 24.6 Å². The average molecular weight is 420 g/mol. The van der Waals surface area contributed by atoms with Gasteiger partial charge in [0.25, 0.3) is 0 Å². The average Bonchev–Trinajstić information content (AvgIpc) is 3.55. The fourth-order valence-electron chi connectivity index (χ4n) is 3.25. The molecule has 1 fully saturated rings. The number of ether oxygens (including phenoxy) is 2. The molecule has 31 heavy (non-hydrogen) atoms. The van der Waals surface area contributed by atoms with Crippen LogP contribution >= 0.6 is 0 Å². The maximum absolute atomic E-state index is 12.6. The number of hydrogen-bond donors (Lipinski definition) is 2. The number of urea groups is 1. The molecule has 3 N–H and O–H groups in total. The van der Waals surface area contributed by atoms with Crippen molar-refractivity contribution in [2.24, 2.45) is 11.7 Å². The van der Waals surface area contributed by atoms with E-state index in [1.54, 1.807) is 11.8 Å². The van der Waals surface area contributed by atoms with E-state index in [0.717, 1.165) is 35.5 Å². The Kier molecular flexibility index (Phi) is 5.88. The van der Waals surface area contributed by atoms with Crippen molar-refractivity contribution in [3.63, 3.8) is 0 Å². The number of Topliss-reactive ketones (excluding diaryl/α,β-unsaturated/α-hetero) is 1. The first-order valence-corrected chi connectivity index (χ1v) is 10.1. The van der Waals surface area contributed by atoms with Gasteiger partial charge in [0.2, 0.25) is 0 Å². The van der Waals surface area contributed by atoms with Crippen LogP contribution < -0.4 is 20.5 Å². The Labute approximate surface area is 180 Å². The molecule has 8 nitrogen and oxygen atoms in total. The second-order valence-corrected chi connectivity index (χ2v) is 7.33. The molecule has 0 aliphatic heterocycles. The predicted octanol–water partition coefficient (Wildman–Crippen LogP) is 3.19. The lowest BCUT2D eigenvalue weighted by Gasteiger charge is -2.10. The highest BCUT2D eigenvalue weighted by atomic mass is 16.5.